The predicted octanol–water partition coefficient (Wildman–Crippen LogP) is 3.76. The van der Waals surface area contributed by atoms with Gasteiger partial charge in [-0.25, -0.2) is 0 Å². The van der Waals surface area contributed by atoms with Gasteiger partial charge < -0.3 is 24.4 Å². The number of aliphatic hydroxyl groups is 1. The van der Waals surface area contributed by atoms with Crippen LogP contribution in [-0.2, 0) is 23.9 Å². The van der Waals surface area contributed by atoms with Gasteiger partial charge in [0.15, 0.2) is 0 Å². The molecule has 8 nitrogen and oxygen atoms in total. The molecule has 0 saturated carbocycles. The maximum atomic E-state index is 14.5. The quantitative estimate of drug-likeness (QED) is 0.259. The molecule has 0 aromatic heterocycles. The number of likely N-dealkylation sites (tertiary alicyclic amines) is 1. The zero-order chi connectivity index (χ0) is 27.8. The largest absolute Gasteiger partial charge is 0.465 e. The van der Waals surface area contributed by atoms with Crippen LogP contribution in [0.3, 0.4) is 0 Å². The number of ether oxygens (including phenoxy) is 2. The summed E-state index contributed by atoms with van der Waals surface area (Å²) in [6, 6.07) is 5.20. The van der Waals surface area contributed by atoms with Gasteiger partial charge in [0.1, 0.15) is 17.6 Å². The van der Waals surface area contributed by atoms with Crippen molar-refractivity contribution < 1.29 is 29.0 Å². The summed E-state index contributed by atoms with van der Waals surface area (Å²) >= 11 is 6.09. The summed E-state index contributed by atoms with van der Waals surface area (Å²) < 4.78 is 12.3. The van der Waals surface area contributed by atoms with Gasteiger partial charge in [0.2, 0.25) is 5.91 Å². The van der Waals surface area contributed by atoms with Crippen molar-refractivity contribution in [2.45, 2.75) is 63.3 Å². The first kappa shape index (κ1) is 28.3. The molecule has 0 aliphatic carbocycles. The Balaban J connectivity index is 1.83. The summed E-state index contributed by atoms with van der Waals surface area (Å²) in [6.07, 6.45) is 4.61. The Kier molecular flexibility index (Phi) is 8.07. The highest BCUT2D eigenvalue weighted by Gasteiger charge is 2.80. The van der Waals surface area contributed by atoms with Crippen LogP contribution in [0.4, 0.5) is 5.69 Å². The summed E-state index contributed by atoms with van der Waals surface area (Å²) in [7, 11) is 0. The van der Waals surface area contributed by atoms with Crippen LogP contribution in [0.2, 0.25) is 5.02 Å². The van der Waals surface area contributed by atoms with Gasteiger partial charge in [-0.2, -0.15) is 0 Å². The van der Waals surface area contributed by atoms with Crippen molar-refractivity contribution in [1.82, 2.24) is 4.90 Å². The summed E-state index contributed by atoms with van der Waals surface area (Å²) in [5.41, 5.74) is -1.62. The maximum absolute atomic E-state index is 14.5. The van der Waals surface area contributed by atoms with E-state index in [-0.39, 0.29) is 37.5 Å². The Morgan fingerprint density at radius 2 is 2.00 bits per heavy atom. The molecule has 3 fully saturated rings. The van der Waals surface area contributed by atoms with E-state index in [9.17, 15) is 19.5 Å². The molecule has 3 unspecified atom stereocenters. The second-order valence-corrected chi connectivity index (χ2v) is 11.1. The van der Waals surface area contributed by atoms with Gasteiger partial charge in [-0.15, -0.1) is 13.2 Å². The molecule has 3 saturated heterocycles. The lowest BCUT2D eigenvalue weighted by Gasteiger charge is -2.39. The van der Waals surface area contributed by atoms with Crippen LogP contribution in [0, 0.1) is 17.8 Å². The minimum Gasteiger partial charge on any atom is -0.465 e. The van der Waals surface area contributed by atoms with E-state index in [4.69, 9.17) is 21.1 Å². The van der Waals surface area contributed by atoms with E-state index in [1.165, 1.54) is 4.90 Å². The minimum absolute atomic E-state index is 0.114. The summed E-state index contributed by atoms with van der Waals surface area (Å²) in [6.45, 7) is 13.2. The fourth-order valence-electron chi connectivity index (χ4n) is 6.67. The number of benzene rings is 1. The Bertz CT molecular complexity index is 1100. The molecule has 38 heavy (non-hydrogen) atoms. The Labute approximate surface area is 229 Å². The van der Waals surface area contributed by atoms with Gasteiger partial charge in [0.05, 0.1) is 30.8 Å². The highest BCUT2D eigenvalue weighted by atomic mass is 35.5. The molecule has 4 rings (SSSR count). The van der Waals surface area contributed by atoms with Crippen molar-refractivity contribution in [1.29, 1.82) is 0 Å². The maximum Gasteiger partial charge on any atom is 0.312 e. The molecule has 2 bridgehead atoms. The number of aliphatic hydroxyl groups excluding tert-OH is 1. The van der Waals surface area contributed by atoms with E-state index >= 15 is 0 Å². The average molecular weight is 545 g/mol. The Hall–Kier alpha value is -2.68. The molecule has 1 spiro atoms. The standard InChI is InChI=1S/C29H37ClN2O6/c1-6-9-15-37-27(36)23-22-25(34)32(20(8-3)17-33)24(29(22)16-18(4)28(23,5)38-29)26(35)31(14-7-2)21-12-10-19(30)11-13-21/h6-7,10-13,18,20,22-24,33H,1-2,8-9,14-17H2,3-5H3/t18?,20-,22-,23-,24?,28+,29?/m0/s1. The molecule has 3 aliphatic rings. The minimum atomic E-state index is -1.24. The number of carbonyl (C=O) groups is 3. The highest BCUT2D eigenvalue weighted by Crippen LogP contribution is 2.65. The first-order chi connectivity index (χ1) is 18.1. The monoisotopic (exact) mass is 544 g/mol. The van der Waals surface area contributed by atoms with Gasteiger partial charge >= 0.3 is 5.97 Å². The van der Waals surface area contributed by atoms with Gasteiger partial charge in [-0.3, -0.25) is 14.4 Å². The number of hydrogen-bond acceptors (Lipinski definition) is 6. The third-order valence-corrected chi connectivity index (χ3v) is 8.85. The van der Waals surface area contributed by atoms with E-state index in [0.717, 1.165) is 0 Å². The molecule has 1 aromatic rings. The van der Waals surface area contributed by atoms with Gasteiger partial charge in [-0.05, 0) is 56.4 Å². The normalized spacial score (nSPS) is 32.1. The third kappa shape index (κ3) is 4.27. The molecule has 3 aliphatic heterocycles. The zero-order valence-corrected chi connectivity index (χ0v) is 23.0. The molecule has 9 heteroatoms. The van der Waals surface area contributed by atoms with Crippen LogP contribution in [0.25, 0.3) is 0 Å². The fraction of sp³-hybridized carbons (Fsp3) is 0.552. The summed E-state index contributed by atoms with van der Waals surface area (Å²) in [5.74, 6) is -3.11. The van der Waals surface area contributed by atoms with E-state index < -0.39 is 41.1 Å². The predicted molar refractivity (Wildman–Crippen MR) is 145 cm³/mol. The molecule has 7 atom stereocenters. The van der Waals surface area contributed by atoms with Gasteiger partial charge in [0.25, 0.3) is 5.91 Å². The molecule has 3 heterocycles. The third-order valence-electron chi connectivity index (χ3n) is 8.60. The average Bonchev–Trinajstić information content (AvgIpc) is 3.41. The molecule has 1 aromatic carbocycles. The van der Waals surface area contributed by atoms with Crippen LogP contribution >= 0.6 is 11.6 Å². The number of carbonyl (C=O) groups excluding carboxylic acids is 3. The summed E-state index contributed by atoms with van der Waals surface area (Å²) in [5, 5.41) is 10.8. The van der Waals surface area contributed by atoms with Crippen LogP contribution in [-0.4, -0.2) is 70.8 Å². The van der Waals surface area contributed by atoms with Crippen molar-refractivity contribution in [3.05, 3.63) is 54.6 Å². The number of hydrogen-bond donors (Lipinski definition) is 1. The number of nitrogens with zero attached hydrogens (tertiary/aromatic N) is 2. The Morgan fingerprint density at radius 1 is 1.32 bits per heavy atom. The molecule has 206 valence electrons. The Morgan fingerprint density at radius 3 is 2.58 bits per heavy atom. The highest BCUT2D eigenvalue weighted by molar-refractivity contribution is 6.30. The number of halogens is 1. The van der Waals surface area contributed by atoms with Gasteiger partial charge in [0, 0.05) is 17.3 Å². The van der Waals surface area contributed by atoms with Crippen LogP contribution in [0.15, 0.2) is 49.6 Å². The first-order valence-electron chi connectivity index (χ1n) is 13.2. The van der Waals surface area contributed by atoms with Crippen molar-refractivity contribution in [2.24, 2.45) is 17.8 Å². The molecule has 0 radical (unpaired) electrons. The molecule has 2 amide bonds. The number of amides is 2. The summed E-state index contributed by atoms with van der Waals surface area (Å²) in [4.78, 5) is 45.2. The zero-order valence-electron chi connectivity index (χ0n) is 22.3. The van der Waals surface area contributed by atoms with E-state index in [1.807, 2.05) is 20.8 Å². The lowest BCUT2D eigenvalue weighted by molar-refractivity contribution is -0.162. The lowest BCUT2D eigenvalue weighted by atomic mass is 9.62. The topological polar surface area (TPSA) is 96.4 Å². The number of fused-ring (bicyclic) bond motifs is 1. The molecular formula is C29H37ClN2O6. The lowest BCUT2D eigenvalue weighted by Crippen LogP contribution is -2.59. The SMILES string of the molecule is C=CCCOC(=O)[C@@H]1[C@H]2C(=O)N([C@@H](CC)CO)C(C(=O)N(CC=C)c3ccc(Cl)cc3)C23CC(C)[C@@]1(C)O3. The fourth-order valence-corrected chi connectivity index (χ4v) is 6.80. The van der Waals surface area contributed by atoms with Crippen molar-refractivity contribution in [2.75, 3.05) is 24.7 Å². The van der Waals surface area contributed by atoms with E-state index in [0.29, 0.717) is 30.0 Å². The van der Waals surface area contributed by atoms with Gasteiger partial charge in [-0.1, -0.05) is 37.6 Å². The van der Waals surface area contributed by atoms with Crippen LogP contribution in [0.5, 0.6) is 0 Å². The smallest absolute Gasteiger partial charge is 0.312 e. The molecule has 1 N–H and O–H groups in total. The van der Waals surface area contributed by atoms with E-state index in [2.05, 4.69) is 13.2 Å². The number of esters is 1. The van der Waals surface area contributed by atoms with Crippen LogP contribution in [0.1, 0.15) is 40.0 Å². The first-order valence-corrected chi connectivity index (χ1v) is 13.6. The van der Waals surface area contributed by atoms with Crippen LogP contribution < -0.4 is 4.90 Å². The van der Waals surface area contributed by atoms with E-state index in [1.54, 1.807) is 41.3 Å². The molecular weight excluding hydrogens is 508 g/mol. The second-order valence-electron chi connectivity index (χ2n) is 10.7. The van der Waals surface area contributed by atoms with Crippen molar-refractivity contribution >= 4 is 35.1 Å². The van der Waals surface area contributed by atoms with Crippen molar-refractivity contribution in [3.63, 3.8) is 0 Å². The number of anilines is 1. The second kappa shape index (κ2) is 10.8. The number of rotatable bonds is 11. The van der Waals surface area contributed by atoms with Crippen molar-refractivity contribution in [3.8, 4) is 0 Å².